The van der Waals surface area contributed by atoms with Crippen molar-refractivity contribution in [2.24, 2.45) is 0 Å². The van der Waals surface area contributed by atoms with E-state index in [1.807, 2.05) is 0 Å². The largest absolute Gasteiger partial charge is 0.394 e. The average Bonchev–Trinajstić information content (AvgIpc) is 2.18. The maximum Gasteiger partial charge on any atom is 0.281 e. The van der Waals surface area contributed by atoms with Gasteiger partial charge < -0.3 is 30.5 Å². The SMILES string of the molecule is O=C(I)NC1[C@H](O)OC(CO)[C@@H](O)[C@@H]1O. The number of ether oxygens (including phenoxy) is 1. The van der Waals surface area contributed by atoms with Crippen LogP contribution in [0.25, 0.3) is 0 Å². The number of carbonyl (C=O) groups is 1. The van der Waals surface area contributed by atoms with Gasteiger partial charge in [0.05, 0.1) is 6.61 Å². The summed E-state index contributed by atoms with van der Waals surface area (Å²) in [6, 6.07) is -1.10. The number of aliphatic hydroxyl groups excluding tert-OH is 4. The molecule has 2 unspecified atom stereocenters. The van der Waals surface area contributed by atoms with Gasteiger partial charge in [0.1, 0.15) is 24.4 Å². The number of hydrogen-bond acceptors (Lipinski definition) is 6. The summed E-state index contributed by atoms with van der Waals surface area (Å²) in [5.41, 5.74) is 0. The average molecular weight is 333 g/mol. The molecule has 1 amide bonds. The first-order valence-corrected chi connectivity index (χ1v) is 5.31. The maximum atomic E-state index is 10.7. The zero-order valence-electron chi connectivity index (χ0n) is 7.58. The van der Waals surface area contributed by atoms with E-state index >= 15 is 0 Å². The van der Waals surface area contributed by atoms with Gasteiger partial charge in [-0.25, -0.2) is 0 Å². The normalized spacial score (nSPS) is 41.3. The van der Waals surface area contributed by atoms with E-state index in [0.717, 1.165) is 0 Å². The summed E-state index contributed by atoms with van der Waals surface area (Å²) >= 11 is 1.43. The number of rotatable bonds is 2. The first kappa shape index (κ1) is 13.1. The third kappa shape index (κ3) is 2.98. The molecule has 1 heterocycles. The predicted octanol–water partition coefficient (Wildman–Crippen LogP) is -2.07. The van der Waals surface area contributed by atoms with Gasteiger partial charge >= 0.3 is 0 Å². The summed E-state index contributed by atoms with van der Waals surface area (Å²) in [6.45, 7) is -0.528. The Bertz CT molecular complexity index is 240. The molecular weight excluding hydrogens is 321 g/mol. The lowest BCUT2D eigenvalue weighted by Crippen LogP contribution is -2.63. The topological polar surface area (TPSA) is 119 Å². The molecule has 5 N–H and O–H groups in total. The predicted molar refractivity (Wildman–Crippen MR) is 56.3 cm³/mol. The second-order valence-corrected chi connectivity index (χ2v) is 4.15. The lowest BCUT2D eigenvalue weighted by atomic mass is 9.97. The molecule has 0 aromatic carbocycles. The lowest BCUT2D eigenvalue weighted by Gasteiger charge is -2.39. The smallest absolute Gasteiger partial charge is 0.281 e. The van der Waals surface area contributed by atoms with Crippen LogP contribution in [-0.2, 0) is 4.74 Å². The minimum Gasteiger partial charge on any atom is -0.394 e. The highest BCUT2D eigenvalue weighted by molar-refractivity contribution is 14.1. The molecule has 1 rings (SSSR count). The van der Waals surface area contributed by atoms with Crippen LogP contribution in [0.3, 0.4) is 0 Å². The van der Waals surface area contributed by atoms with Crippen molar-refractivity contribution in [1.82, 2.24) is 5.32 Å². The van der Waals surface area contributed by atoms with Crippen LogP contribution in [0.4, 0.5) is 4.79 Å². The summed E-state index contributed by atoms with van der Waals surface area (Å²) in [4.78, 5) is 10.7. The number of halogens is 1. The second kappa shape index (κ2) is 5.37. The molecule has 1 aliphatic rings. The summed E-state index contributed by atoms with van der Waals surface area (Å²) in [5.74, 6) is 0. The van der Waals surface area contributed by atoms with E-state index in [0.29, 0.717) is 0 Å². The molecule has 0 saturated carbocycles. The molecule has 0 aliphatic carbocycles. The van der Waals surface area contributed by atoms with Crippen molar-refractivity contribution < 1.29 is 30.0 Å². The Morgan fingerprint density at radius 2 is 1.93 bits per heavy atom. The zero-order valence-corrected chi connectivity index (χ0v) is 9.73. The highest BCUT2D eigenvalue weighted by Crippen LogP contribution is 2.19. The Morgan fingerprint density at radius 1 is 1.33 bits per heavy atom. The van der Waals surface area contributed by atoms with Crippen LogP contribution in [0.15, 0.2) is 0 Å². The van der Waals surface area contributed by atoms with Gasteiger partial charge in [-0.2, -0.15) is 0 Å². The maximum absolute atomic E-state index is 10.7. The fourth-order valence-electron chi connectivity index (χ4n) is 1.38. The van der Waals surface area contributed by atoms with Crippen molar-refractivity contribution in [3.8, 4) is 0 Å². The van der Waals surface area contributed by atoms with Crippen LogP contribution in [0.2, 0.25) is 0 Å². The van der Waals surface area contributed by atoms with Crippen molar-refractivity contribution in [2.75, 3.05) is 6.61 Å². The van der Waals surface area contributed by atoms with Gasteiger partial charge in [0.25, 0.3) is 3.91 Å². The fraction of sp³-hybridized carbons (Fsp3) is 0.857. The number of aliphatic hydroxyl groups is 4. The molecule has 88 valence electrons. The lowest BCUT2D eigenvalue weighted by molar-refractivity contribution is -0.252. The monoisotopic (exact) mass is 333 g/mol. The van der Waals surface area contributed by atoms with Crippen LogP contribution in [-0.4, -0.2) is 61.6 Å². The molecule has 0 radical (unpaired) electrons. The highest BCUT2D eigenvalue weighted by atomic mass is 127. The van der Waals surface area contributed by atoms with E-state index in [9.17, 15) is 20.1 Å². The van der Waals surface area contributed by atoms with Crippen LogP contribution in [0.5, 0.6) is 0 Å². The van der Waals surface area contributed by atoms with Crippen LogP contribution < -0.4 is 5.32 Å². The number of amides is 1. The van der Waals surface area contributed by atoms with Crippen LogP contribution in [0, 0.1) is 0 Å². The number of hydrogen-bond donors (Lipinski definition) is 5. The Labute approximate surface area is 99.2 Å². The summed E-state index contributed by atoms with van der Waals surface area (Å²) in [7, 11) is 0. The van der Waals surface area contributed by atoms with Gasteiger partial charge in [-0.3, -0.25) is 4.79 Å². The summed E-state index contributed by atoms with van der Waals surface area (Å²) < 4.78 is 4.32. The molecule has 0 aromatic heterocycles. The summed E-state index contributed by atoms with van der Waals surface area (Å²) in [6.07, 6.45) is -5.26. The van der Waals surface area contributed by atoms with E-state index in [4.69, 9.17) is 9.84 Å². The van der Waals surface area contributed by atoms with Crippen molar-refractivity contribution in [2.45, 2.75) is 30.6 Å². The Kier molecular flexibility index (Phi) is 4.67. The zero-order chi connectivity index (χ0) is 11.6. The molecule has 0 aromatic rings. The minimum atomic E-state index is -1.46. The van der Waals surface area contributed by atoms with E-state index in [1.165, 1.54) is 22.6 Å². The van der Waals surface area contributed by atoms with Crippen LogP contribution in [0.1, 0.15) is 0 Å². The minimum absolute atomic E-state index is 0.492. The number of nitrogens with one attached hydrogen (secondary N) is 1. The van der Waals surface area contributed by atoms with Crippen molar-refractivity contribution in [3.63, 3.8) is 0 Å². The fourth-order valence-corrected chi connectivity index (χ4v) is 1.74. The molecular formula is C7H12INO6. The van der Waals surface area contributed by atoms with Crippen LogP contribution >= 0.6 is 22.6 Å². The quantitative estimate of drug-likeness (QED) is 0.225. The first-order valence-electron chi connectivity index (χ1n) is 4.24. The van der Waals surface area contributed by atoms with Gasteiger partial charge in [-0.15, -0.1) is 0 Å². The molecule has 0 spiro atoms. The van der Waals surface area contributed by atoms with Gasteiger partial charge in [-0.05, 0) is 0 Å². The van der Waals surface area contributed by atoms with Gasteiger partial charge in [0.15, 0.2) is 6.29 Å². The Hall–Kier alpha value is -0.0000000000000000694. The summed E-state index contributed by atoms with van der Waals surface area (Å²) in [5, 5.41) is 39.4. The van der Waals surface area contributed by atoms with Crippen molar-refractivity contribution in [1.29, 1.82) is 0 Å². The Balaban J connectivity index is 2.70. The van der Waals surface area contributed by atoms with Gasteiger partial charge in [0.2, 0.25) is 0 Å². The molecule has 1 fully saturated rings. The van der Waals surface area contributed by atoms with Crippen molar-refractivity contribution in [3.05, 3.63) is 0 Å². The van der Waals surface area contributed by atoms with E-state index in [-0.39, 0.29) is 0 Å². The molecule has 1 saturated heterocycles. The molecule has 7 nitrogen and oxygen atoms in total. The Morgan fingerprint density at radius 3 is 2.40 bits per heavy atom. The number of carbonyl (C=O) groups excluding carboxylic acids is 1. The second-order valence-electron chi connectivity index (χ2n) is 3.17. The molecule has 1 aliphatic heterocycles. The molecule has 0 bridgehead atoms. The molecule has 8 heteroatoms. The van der Waals surface area contributed by atoms with E-state index < -0.39 is 41.2 Å². The van der Waals surface area contributed by atoms with Gasteiger partial charge in [-0.1, -0.05) is 0 Å². The van der Waals surface area contributed by atoms with Crippen molar-refractivity contribution >= 4 is 26.5 Å². The molecule has 5 atom stereocenters. The van der Waals surface area contributed by atoms with E-state index in [2.05, 4.69) is 5.32 Å². The first-order chi connectivity index (χ1) is 6.97. The highest BCUT2D eigenvalue weighted by Gasteiger charge is 2.43. The third-order valence-corrected chi connectivity index (χ3v) is 2.49. The third-order valence-electron chi connectivity index (χ3n) is 2.18. The van der Waals surface area contributed by atoms with Gasteiger partial charge in [0, 0.05) is 22.6 Å². The van der Waals surface area contributed by atoms with E-state index in [1.54, 1.807) is 0 Å². The standard InChI is InChI=1S/C7H12INO6/c8-7(14)9-3-5(12)4(11)2(1-10)15-6(3)13/h2-6,10-13H,1H2,(H,9,14)/t2?,3?,4-,5-,6-/m1/s1. The molecule has 15 heavy (non-hydrogen) atoms.